The number of nitrogens with one attached hydrogen (secondary N) is 1. The van der Waals surface area contributed by atoms with Gasteiger partial charge >= 0.3 is 0 Å². The Hall–Kier alpha value is -3.14. The van der Waals surface area contributed by atoms with Crippen LogP contribution in [0.1, 0.15) is 31.5 Å². The highest BCUT2D eigenvalue weighted by molar-refractivity contribution is 6.22. The number of aromatic nitrogens is 1. The minimum atomic E-state index is -1.67. The van der Waals surface area contributed by atoms with Gasteiger partial charge in [0.25, 0.3) is 0 Å². The summed E-state index contributed by atoms with van der Waals surface area (Å²) in [7, 11) is 0. The minimum absolute atomic E-state index is 0.00221. The number of hydrogen-bond acceptors (Lipinski definition) is 7. The van der Waals surface area contributed by atoms with Gasteiger partial charge in [0.2, 0.25) is 11.8 Å². The van der Waals surface area contributed by atoms with Crippen LogP contribution in [0.5, 0.6) is 0 Å². The fourth-order valence-electron chi connectivity index (χ4n) is 5.40. The lowest BCUT2D eigenvalue weighted by Crippen LogP contribution is -2.72. The molecule has 2 fully saturated rings. The average Bonchev–Trinajstić information content (AvgIpc) is 3.14. The van der Waals surface area contributed by atoms with E-state index in [-0.39, 0.29) is 41.6 Å². The van der Waals surface area contributed by atoms with Gasteiger partial charge in [-0.15, -0.1) is 0 Å². The maximum Gasteiger partial charge on any atom is 0.242 e. The van der Waals surface area contributed by atoms with E-state index in [1.165, 1.54) is 12.1 Å². The molecule has 10 heteroatoms. The van der Waals surface area contributed by atoms with Gasteiger partial charge in [-0.2, -0.15) is 0 Å². The van der Waals surface area contributed by atoms with Gasteiger partial charge in [0.1, 0.15) is 5.41 Å². The van der Waals surface area contributed by atoms with Crippen LogP contribution >= 0.6 is 0 Å². The molecule has 1 unspecified atom stereocenters. The van der Waals surface area contributed by atoms with Crippen LogP contribution in [0, 0.1) is 24.0 Å². The lowest BCUT2D eigenvalue weighted by atomic mass is 9.63. The molecule has 0 saturated carbocycles. The smallest absolute Gasteiger partial charge is 0.242 e. The lowest BCUT2D eigenvalue weighted by Gasteiger charge is -2.55. The predicted molar refractivity (Wildman–Crippen MR) is 107 cm³/mol. The molecule has 1 aromatic carbocycles. The van der Waals surface area contributed by atoms with E-state index in [0.29, 0.717) is 5.69 Å². The SMILES string of the molecule is Cc1cc(-c2cc3c(c(F)c2F)N2C[C@@H](C)O[C@@H](C)[C@@H]2C2(C3)C(=O)CC(=O)NC2=O)on1. The first kappa shape index (κ1) is 20.7. The highest BCUT2D eigenvalue weighted by Crippen LogP contribution is 2.50. The number of imide groups is 1. The fraction of sp³-hybridized carbons (Fsp3) is 0.455. The van der Waals surface area contributed by atoms with Crippen LogP contribution in [-0.2, 0) is 25.5 Å². The number of anilines is 1. The van der Waals surface area contributed by atoms with Gasteiger partial charge in [-0.1, -0.05) is 5.16 Å². The Labute approximate surface area is 181 Å². The molecule has 4 heterocycles. The third kappa shape index (κ3) is 2.75. The quantitative estimate of drug-likeness (QED) is 0.530. The van der Waals surface area contributed by atoms with E-state index in [1.807, 2.05) is 0 Å². The minimum Gasteiger partial charge on any atom is -0.372 e. The molecule has 3 aliphatic heterocycles. The molecule has 1 N–H and O–H groups in total. The van der Waals surface area contributed by atoms with E-state index in [9.17, 15) is 14.4 Å². The number of amides is 2. The Morgan fingerprint density at radius 3 is 2.59 bits per heavy atom. The van der Waals surface area contributed by atoms with Gasteiger partial charge in [-0.3, -0.25) is 19.7 Å². The number of ketones is 1. The molecule has 3 aliphatic rings. The number of halogens is 2. The molecule has 0 bridgehead atoms. The van der Waals surface area contributed by atoms with Crippen LogP contribution in [0.25, 0.3) is 11.3 Å². The number of carbonyl (C=O) groups excluding carboxylic acids is 3. The Balaban J connectivity index is 1.75. The fourth-order valence-corrected chi connectivity index (χ4v) is 5.40. The number of aryl methyl sites for hydroxylation is 1. The highest BCUT2D eigenvalue weighted by atomic mass is 19.2. The van der Waals surface area contributed by atoms with Crippen molar-refractivity contribution < 1.29 is 32.4 Å². The normalized spacial score (nSPS) is 29.7. The number of hydrogen-bond donors (Lipinski definition) is 1. The highest BCUT2D eigenvalue weighted by Gasteiger charge is 2.62. The number of rotatable bonds is 1. The summed E-state index contributed by atoms with van der Waals surface area (Å²) in [5, 5.41) is 5.99. The molecule has 1 spiro atoms. The molecule has 168 valence electrons. The number of piperidine rings is 1. The van der Waals surface area contributed by atoms with E-state index in [0.717, 1.165) is 0 Å². The Bertz CT molecular complexity index is 1160. The van der Waals surface area contributed by atoms with Crippen LogP contribution in [0.15, 0.2) is 16.7 Å². The number of Topliss-reactive ketones (excluding diaryl/α,β-unsaturated/α-hetero) is 1. The number of fused-ring (bicyclic) bond motifs is 4. The summed E-state index contributed by atoms with van der Waals surface area (Å²) in [5.41, 5.74) is -1.05. The van der Waals surface area contributed by atoms with Crippen molar-refractivity contribution in [3.05, 3.63) is 35.0 Å². The van der Waals surface area contributed by atoms with Crippen molar-refractivity contribution in [2.45, 2.75) is 51.9 Å². The van der Waals surface area contributed by atoms with Crippen molar-refractivity contribution in [2.75, 3.05) is 11.4 Å². The van der Waals surface area contributed by atoms with E-state index >= 15 is 8.78 Å². The van der Waals surface area contributed by atoms with Crippen molar-refractivity contribution in [1.29, 1.82) is 0 Å². The second kappa shape index (κ2) is 6.93. The Morgan fingerprint density at radius 2 is 1.94 bits per heavy atom. The topological polar surface area (TPSA) is 102 Å². The first-order chi connectivity index (χ1) is 15.1. The van der Waals surface area contributed by atoms with Crippen LogP contribution in [0.4, 0.5) is 14.5 Å². The summed E-state index contributed by atoms with van der Waals surface area (Å²) in [5.74, 6) is -4.13. The van der Waals surface area contributed by atoms with Gasteiger partial charge < -0.3 is 14.2 Å². The number of morpholine rings is 1. The van der Waals surface area contributed by atoms with Crippen LogP contribution < -0.4 is 10.2 Å². The van der Waals surface area contributed by atoms with Gasteiger partial charge in [-0.05, 0) is 38.8 Å². The second-order valence-electron chi connectivity index (χ2n) is 8.77. The summed E-state index contributed by atoms with van der Waals surface area (Å²) < 4.78 is 41.7. The largest absolute Gasteiger partial charge is 0.372 e. The van der Waals surface area contributed by atoms with Crippen LogP contribution in [-0.4, -0.2) is 47.5 Å². The predicted octanol–water partition coefficient (Wildman–Crippen LogP) is 2.07. The van der Waals surface area contributed by atoms with Crippen molar-refractivity contribution in [3.8, 4) is 11.3 Å². The van der Waals surface area contributed by atoms with Crippen molar-refractivity contribution in [1.82, 2.24) is 10.5 Å². The van der Waals surface area contributed by atoms with Crippen molar-refractivity contribution >= 4 is 23.3 Å². The van der Waals surface area contributed by atoms with Crippen LogP contribution in [0.3, 0.4) is 0 Å². The van der Waals surface area contributed by atoms with E-state index in [2.05, 4.69) is 10.5 Å². The zero-order valence-electron chi connectivity index (χ0n) is 17.7. The van der Waals surface area contributed by atoms with Gasteiger partial charge in [-0.25, -0.2) is 8.78 Å². The molecule has 8 nitrogen and oxygen atoms in total. The first-order valence-electron chi connectivity index (χ1n) is 10.4. The van der Waals surface area contributed by atoms with E-state index in [4.69, 9.17) is 9.26 Å². The molecule has 4 atom stereocenters. The summed E-state index contributed by atoms with van der Waals surface area (Å²) in [6, 6.07) is 1.98. The molecule has 2 saturated heterocycles. The molecule has 2 amide bonds. The number of carbonyl (C=O) groups is 3. The standard InChI is InChI=1S/C22H21F2N3O5/c1-9-4-14(32-26-9)13-5-12-7-22(15(28)6-16(29)25-21(22)30)20-11(3)31-10(2)8-27(20)19(12)18(24)17(13)23/h4-5,10-11,20H,6-8H2,1-3H3,(H,25,29,30)/t10-,11+,20-,22?/m1/s1. The van der Waals surface area contributed by atoms with Crippen LogP contribution in [0.2, 0.25) is 0 Å². The zero-order valence-corrected chi connectivity index (χ0v) is 17.7. The third-order valence-electron chi connectivity index (χ3n) is 6.57. The Morgan fingerprint density at radius 1 is 1.19 bits per heavy atom. The first-order valence-corrected chi connectivity index (χ1v) is 10.4. The molecule has 32 heavy (non-hydrogen) atoms. The summed E-state index contributed by atoms with van der Waals surface area (Å²) in [6.07, 6.45) is -1.66. The van der Waals surface area contributed by atoms with Crippen molar-refractivity contribution in [3.63, 3.8) is 0 Å². The lowest BCUT2D eigenvalue weighted by molar-refractivity contribution is -0.158. The molecule has 0 radical (unpaired) electrons. The second-order valence-corrected chi connectivity index (χ2v) is 8.77. The maximum absolute atomic E-state index is 15.5. The van der Waals surface area contributed by atoms with Gasteiger partial charge in [0.05, 0.1) is 41.6 Å². The summed E-state index contributed by atoms with van der Waals surface area (Å²) in [4.78, 5) is 39.8. The Kier molecular flexibility index (Phi) is 4.49. The van der Waals surface area contributed by atoms with E-state index < -0.39 is 53.2 Å². The zero-order chi connectivity index (χ0) is 22.9. The van der Waals surface area contributed by atoms with Crippen molar-refractivity contribution in [2.24, 2.45) is 5.41 Å². The molecular weight excluding hydrogens is 424 g/mol. The monoisotopic (exact) mass is 445 g/mol. The average molecular weight is 445 g/mol. The van der Waals surface area contributed by atoms with E-state index in [1.54, 1.807) is 25.7 Å². The molecule has 2 aromatic rings. The number of benzene rings is 1. The summed E-state index contributed by atoms with van der Waals surface area (Å²) >= 11 is 0. The molecule has 0 aliphatic carbocycles. The number of nitrogens with zero attached hydrogens (tertiary/aromatic N) is 2. The van der Waals surface area contributed by atoms with Gasteiger partial charge in [0, 0.05) is 12.6 Å². The summed E-state index contributed by atoms with van der Waals surface area (Å²) in [6.45, 7) is 5.27. The maximum atomic E-state index is 15.5. The molecule has 1 aromatic heterocycles. The third-order valence-corrected chi connectivity index (χ3v) is 6.57. The molecular formula is C22H21F2N3O5. The molecule has 5 rings (SSSR count). The van der Waals surface area contributed by atoms with Gasteiger partial charge in [0.15, 0.2) is 23.2 Å². The number of ether oxygens (including phenoxy) is 1.